The summed E-state index contributed by atoms with van der Waals surface area (Å²) in [6, 6.07) is 7.53. The van der Waals surface area contributed by atoms with Gasteiger partial charge in [-0.05, 0) is 80.0 Å². The molecule has 1 heterocycles. The van der Waals surface area contributed by atoms with Gasteiger partial charge in [-0.15, -0.1) is 0 Å². The Morgan fingerprint density at radius 1 is 0.900 bits per heavy atom. The maximum absolute atomic E-state index is 13.3. The van der Waals surface area contributed by atoms with Crippen molar-refractivity contribution in [2.24, 2.45) is 41.4 Å². The first-order chi connectivity index (χ1) is 14.5. The third-order valence-electron chi connectivity index (χ3n) is 8.24. The molecule has 0 radical (unpaired) electrons. The van der Waals surface area contributed by atoms with Crippen molar-refractivity contribution in [1.82, 2.24) is 4.90 Å². The predicted octanol–water partition coefficient (Wildman–Crippen LogP) is 4.00. The zero-order chi connectivity index (χ0) is 20.6. The molecule has 5 nitrogen and oxygen atoms in total. The molecular weight excluding hydrogens is 444 g/mol. The molecule has 0 unspecified atom stereocenters. The summed E-state index contributed by atoms with van der Waals surface area (Å²) < 4.78 is 0.975. The number of benzene rings is 1. The van der Waals surface area contributed by atoms with E-state index in [2.05, 4.69) is 33.4 Å². The van der Waals surface area contributed by atoms with Gasteiger partial charge in [-0.3, -0.25) is 19.3 Å². The van der Waals surface area contributed by atoms with Gasteiger partial charge in [0, 0.05) is 22.1 Å². The maximum atomic E-state index is 13.3. The van der Waals surface area contributed by atoms with E-state index in [1.165, 1.54) is 6.42 Å². The third kappa shape index (κ3) is 2.75. The Bertz CT molecular complexity index is 914. The molecule has 2 bridgehead atoms. The Morgan fingerprint density at radius 2 is 1.47 bits per heavy atom. The molecule has 6 heteroatoms. The molecule has 1 aliphatic heterocycles. The van der Waals surface area contributed by atoms with Crippen LogP contribution in [0.15, 0.2) is 40.9 Å². The van der Waals surface area contributed by atoms with E-state index in [1.807, 2.05) is 24.3 Å². The van der Waals surface area contributed by atoms with Crippen molar-refractivity contribution in [3.8, 4) is 0 Å². The van der Waals surface area contributed by atoms with Crippen LogP contribution in [0.4, 0.5) is 5.69 Å². The first-order valence-corrected chi connectivity index (χ1v) is 11.9. The minimum Gasteiger partial charge on any atom is -0.326 e. The van der Waals surface area contributed by atoms with Crippen molar-refractivity contribution >= 4 is 39.3 Å². The van der Waals surface area contributed by atoms with Gasteiger partial charge in [-0.25, -0.2) is 0 Å². The molecule has 30 heavy (non-hydrogen) atoms. The molecule has 3 saturated carbocycles. The van der Waals surface area contributed by atoms with Crippen LogP contribution < -0.4 is 5.32 Å². The Balaban J connectivity index is 1.11. The minimum atomic E-state index is -0.116. The number of nitrogens with zero attached hydrogens (tertiary/aromatic N) is 1. The van der Waals surface area contributed by atoms with Gasteiger partial charge >= 0.3 is 0 Å². The van der Waals surface area contributed by atoms with Crippen molar-refractivity contribution in [3.63, 3.8) is 0 Å². The molecule has 156 valence electrons. The highest BCUT2D eigenvalue weighted by Gasteiger charge is 2.67. The van der Waals surface area contributed by atoms with Crippen molar-refractivity contribution in [3.05, 3.63) is 40.9 Å². The lowest BCUT2D eigenvalue weighted by Crippen LogP contribution is -2.44. The SMILES string of the molecule is O=C(Nc1ccc(Br)cc1)C1CCC(N2C(=O)[C@@H]3[C@H]4C=C[C@@H]([C@@H]5C[C@H]45)[C@@H]3C2=O)CC1. The topological polar surface area (TPSA) is 66.5 Å². The standard InChI is InChI=1S/C24H25BrN2O3/c25-13-3-5-14(6-4-13)26-22(28)12-1-7-15(8-2-12)27-23(29)20-16-9-10-17(19-11-18(16)19)21(20)24(27)30/h3-6,9-10,12,15-21H,1-2,7-8,11H2,(H,26,28)/t12?,15?,16-,17-,18-,19+,20-,21+/m0/s1. The normalized spacial score (nSPS) is 40.9. The number of rotatable bonds is 3. The van der Waals surface area contributed by atoms with Crippen LogP contribution in [0.25, 0.3) is 0 Å². The van der Waals surface area contributed by atoms with Gasteiger partial charge in [0.25, 0.3) is 0 Å². The summed E-state index contributed by atoms with van der Waals surface area (Å²) in [5.41, 5.74) is 0.792. The zero-order valence-electron chi connectivity index (χ0n) is 16.7. The Labute approximate surface area is 184 Å². The van der Waals surface area contributed by atoms with Gasteiger partial charge < -0.3 is 5.32 Å². The van der Waals surface area contributed by atoms with Crippen LogP contribution in [0.5, 0.6) is 0 Å². The molecule has 6 atom stereocenters. The van der Waals surface area contributed by atoms with E-state index in [4.69, 9.17) is 0 Å². The van der Waals surface area contributed by atoms with Gasteiger partial charge in [0.15, 0.2) is 0 Å². The third-order valence-corrected chi connectivity index (χ3v) is 8.77. The van der Waals surface area contributed by atoms with Crippen molar-refractivity contribution < 1.29 is 14.4 Å². The number of hydrogen-bond donors (Lipinski definition) is 1. The van der Waals surface area contributed by atoms with E-state index in [-0.39, 0.29) is 53.4 Å². The van der Waals surface area contributed by atoms with Crippen LogP contribution in [0.2, 0.25) is 0 Å². The second-order valence-electron chi connectivity index (χ2n) is 9.70. The summed E-state index contributed by atoms with van der Waals surface area (Å²) in [5.74, 6) is 1.70. The van der Waals surface area contributed by atoms with Crippen LogP contribution >= 0.6 is 15.9 Å². The molecule has 1 aromatic carbocycles. The first-order valence-electron chi connectivity index (χ1n) is 11.1. The van der Waals surface area contributed by atoms with Gasteiger partial charge in [0.05, 0.1) is 11.8 Å². The lowest BCUT2D eigenvalue weighted by Gasteiger charge is -2.37. The Hall–Kier alpha value is -1.95. The van der Waals surface area contributed by atoms with E-state index < -0.39 is 0 Å². The first kappa shape index (κ1) is 18.8. The summed E-state index contributed by atoms with van der Waals surface area (Å²) in [5, 5.41) is 3.00. The number of likely N-dealkylation sites (tertiary alicyclic amines) is 1. The Morgan fingerprint density at radius 3 is 2.03 bits per heavy atom. The fraction of sp³-hybridized carbons (Fsp3) is 0.542. The lowest BCUT2D eigenvalue weighted by atomic mass is 9.63. The van der Waals surface area contributed by atoms with Gasteiger partial charge in [-0.2, -0.15) is 0 Å². The van der Waals surface area contributed by atoms with E-state index in [0.29, 0.717) is 11.8 Å². The van der Waals surface area contributed by atoms with Gasteiger partial charge in [0.1, 0.15) is 0 Å². The number of allylic oxidation sites excluding steroid dienone is 2. The molecule has 1 N–H and O–H groups in total. The van der Waals surface area contributed by atoms with E-state index in [9.17, 15) is 14.4 Å². The molecule has 6 aliphatic rings. The number of anilines is 1. The quantitative estimate of drug-likeness (QED) is 0.538. The molecule has 0 aromatic heterocycles. The van der Waals surface area contributed by atoms with Crippen LogP contribution in [-0.4, -0.2) is 28.7 Å². The highest BCUT2D eigenvalue weighted by Crippen LogP contribution is 2.65. The fourth-order valence-corrected chi connectivity index (χ4v) is 6.98. The number of hydrogen-bond acceptors (Lipinski definition) is 3. The number of carbonyl (C=O) groups is 3. The van der Waals surface area contributed by atoms with Crippen molar-refractivity contribution in [2.75, 3.05) is 5.32 Å². The smallest absolute Gasteiger partial charge is 0.233 e. The average molecular weight is 469 g/mol. The van der Waals surface area contributed by atoms with Crippen LogP contribution in [-0.2, 0) is 14.4 Å². The molecule has 1 saturated heterocycles. The highest BCUT2D eigenvalue weighted by molar-refractivity contribution is 9.10. The summed E-state index contributed by atoms with van der Waals surface area (Å²) in [6.45, 7) is 0. The van der Waals surface area contributed by atoms with E-state index >= 15 is 0 Å². The molecular formula is C24H25BrN2O3. The lowest BCUT2D eigenvalue weighted by molar-refractivity contribution is -0.144. The summed E-state index contributed by atoms with van der Waals surface area (Å²) >= 11 is 3.40. The zero-order valence-corrected chi connectivity index (χ0v) is 18.3. The second kappa shape index (κ2) is 6.78. The van der Waals surface area contributed by atoms with Crippen molar-refractivity contribution in [2.45, 2.75) is 38.1 Å². The number of imide groups is 1. The molecule has 7 rings (SSSR count). The summed E-state index contributed by atoms with van der Waals surface area (Å²) in [7, 11) is 0. The Kier molecular flexibility index (Phi) is 4.24. The van der Waals surface area contributed by atoms with Gasteiger partial charge in [0.2, 0.25) is 17.7 Å². The van der Waals surface area contributed by atoms with E-state index in [1.54, 1.807) is 4.90 Å². The fourth-order valence-electron chi connectivity index (χ4n) is 6.71. The van der Waals surface area contributed by atoms with Gasteiger partial charge in [-0.1, -0.05) is 28.1 Å². The van der Waals surface area contributed by atoms with Crippen LogP contribution in [0.1, 0.15) is 32.1 Å². The number of halogens is 1. The largest absolute Gasteiger partial charge is 0.326 e. The average Bonchev–Trinajstić information content (AvgIpc) is 3.53. The summed E-state index contributed by atoms with van der Waals surface area (Å²) in [6.07, 6.45) is 8.52. The number of amides is 3. The predicted molar refractivity (Wildman–Crippen MR) is 115 cm³/mol. The molecule has 3 amide bonds. The molecule has 4 fully saturated rings. The monoisotopic (exact) mass is 468 g/mol. The number of carbonyl (C=O) groups excluding carboxylic acids is 3. The van der Waals surface area contributed by atoms with Crippen LogP contribution in [0, 0.1) is 41.4 Å². The minimum absolute atomic E-state index is 0.0332. The highest BCUT2D eigenvalue weighted by atomic mass is 79.9. The van der Waals surface area contributed by atoms with Crippen LogP contribution in [0.3, 0.4) is 0 Å². The van der Waals surface area contributed by atoms with Crippen molar-refractivity contribution in [1.29, 1.82) is 0 Å². The summed E-state index contributed by atoms with van der Waals surface area (Å²) in [4.78, 5) is 40.8. The second-order valence-corrected chi connectivity index (χ2v) is 10.6. The maximum Gasteiger partial charge on any atom is 0.233 e. The van der Waals surface area contributed by atoms with E-state index in [0.717, 1.165) is 35.8 Å². The molecule has 5 aliphatic carbocycles. The molecule has 0 spiro atoms. The molecule has 1 aromatic rings. The number of nitrogens with one attached hydrogen (secondary N) is 1.